The first-order valence-electron chi connectivity index (χ1n) is 10.3. The summed E-state index contributed by atoms with van der Waals surface area (Å²) in [6.07, 6.45) is 14.0. The predicted molar refractivity (Wildman–Crippen MR) is 104 cm³/mol. The van der Waals surface area contributed by atoms with Crippen molar-refractivity contribution < 1.29 is 9.90 Å². The van der Waals surface area contributed by atoms with Crippen LogP contribution >= 0.6 is 0 Å². The topological polar surface area (TPSA) is 85.8 Å². The molecular formula is C20H34N4O2. The molecule has 2 saturated carbocycles. The third kappa shape index (κ3) is 5.30. The molecular weight excluding hydrogens is 328 g/mol. The number of hydrazine groups is 1. The fourth-order valence-corrected chi connectivity index (χ4v) is 4.80. The van der Waals surface area contributed by atoms with Gasteiger partial charge in [-0.25, -0.2) is 10.2 Å². The average Bonchev–Trinajstić information content (AvgIpc) is 2.65. The Bertz CT molecular complexity index is 538. The Hall–Kier alpha value is -1.40. The summed E-state index contributed by atoms with van der Waals surface area (Å²) in [6, 6.07) is 0. The van der Waals surface area contributed by atoms with Gasteiger partial charge in [-0.05, 0) is 50.4 Å². The molecule has 0 bridgehead atoms. The minimum Gasteiger partial charge on any atom is -0.477 e. The van der Waals surface area contributed by atoms with Gasteiger partial charge in [0.1, 0.15) is 11.9 Å². The van der Waals surface area contributed by atoms with E-state index in [2.05, 4.69) is 27.5 Å². The van der Waals surface area contributed by atoms with E-state index in [9.17, 15) is 9.90 Å². The highest BCUT2D eigenvalue weighted by Gasteiger charge is 2.34. The zero-order valence-electron chi connectivity index (χ0n) is 16.0. The van der Waals surface area contributed by atoms with Gasteiger partial charge in [0.15, 0.2) is 0 Å². The van der Waals surface area contributed by atoms with Crippen molar-refractivity contribution >= 4 is 11.7 Å². The molecule has 0 radical (unpaired) electrons. The third-order valence-corrected chi connectivity index (χ3v) is 6.22. The summed E-state index contributed by atoms with van der Waals surface area (Å²) >= 11 is 0. The molecule has 3 fully saturated rings. The Morgan fingerprint density at radius 2 is 1.88 bits per heavy atom. The first-order chi connectivity index (χ1) is 12.6. The molecule has 0 aromatic heterocycles. The van der Waals surface area contributed by atoms with E-state index in [0.717, 1.165) is 12.1 Å². The molecule has 6 heteroatoms. The van der Waals surface area contributed by atoms with E-state index in [1.54, 1.807) is 0 Å². The van der Waals surface area contributed by atoms with Gasteiger partial charge in [0.25, 0.3) is 0 Å². The predicted octanol–water partition coefficient (Wildman–Crippen LogP) is 3.17. The van der Waals surface area contributed by atoms with Gasteiger partial charge in [0.2, 0.25) is 0 Å². The van der Waals surface area contributed by atoms with Gasteiger partial charge in [-0.2, -0.15) is 5.10 Å². The molecule has 26 heavy (non-hydrogen) atoms. The maximum Gasteiger partial charge on any atom is 0.352 e. The van der Waals surface area contributed by atoms with Gasteiger partial charge in [0.05, 0.1) is 0 Å². The molecule has 3 atom stereocenters. The summed E-state index contributed by atoms with van der Waals surface area (Å²) in [5.41, 5.74) is 10.9. The van der Waals surface area contributed by atoms with E-state index in [0.29, 0.717) is 24.2 Å². The molecule has 6 nitrogen and oxygen atoms in total. The van der Waals surface area contributed by atoms with E-state index in [1.807, 2.05) is 6.92 Å². The Labute approximate surface area is 156 Å². The Morgan fingerprint density at radius 1 is 1.15 bits per heavy atom. The van der Waals surface area contributed by atoms with E-state index < -0.39 is 5.97 Å². The van der Waals surface area contributed by atoms with Crippen LogP contribution in [0, 0.1) is 17.8 Å². The fraction of sp³-hybridized carbons (Fsp3) is 0.800. The zero-order valence-corrected chi connectivity index (χ0v) is 16.0. The first-order valence-corrected chi connectivity index (χ1v) is 10.3. The van der Waals surface area contributed by atoms with Crippen molar-refractivity contribution in [3.8, 4) is 0 Å². The number of fused-ring (bicyclic) bond motifs is 1. The standard InChI is InChI=1S/C20H34N4O2/c1-14(11-15-7-3-2-4-8-15)12-18(20(25)26)22-24-19-17-10-6-5-9-16(17)13-21-23-19/h11,15-17,19,21,23-24H,2-10,12-13H2,1H3,(H,25,26)/b14-11-,22-18+. The van der Waals surface area contributed by atoms with Crippen LogP contribution in [-0.4, -0.2) is 29.5 Å². The molecule has 0 aromatic rings. The summed E-state index contributed by atoms with van der Waals surface area (Å²) < 4.78 is 0. The molecule has 3 unspecified atom stereocenters. The second-order valence-electron chi connectivity index (χ2n) is 8.29. The lowest BCUT2D eigenvalue weighted by Crippen LogP contribution is -2.61. The van der Waals surface area contributed by atoms with Crippen LogP contribution in [0.4, 0.5) is 0 Å². The number of hydrogen-bond acceptors (Lipinski definition) is 5. The summed E-state index contributed by atoms with van der Waals surface area (Å²) in [6.45, 7) is 3.02. The van der Waals surface area contributed by atoms with Gasteiger partial charge >= 0.3 is 5.97 Å². The number of aliphatic carboxylic acids is 1. The largest absolute Gasteiger partial charge is 0.477 e. The van der Waals surface area contributed by atoms with Crippen LogP contribution in [0.5, 0.6) is 0 Å². The first kappa shape index (κ1) is 19.4. The van der Waals surface area contributed by atoms with Crippen LogP contribution in [0.1, 0.15) is 71.1 Å². The molecule has 0 spiro atoms. The van der Waals surface area contributed by atoms with Crippen LogP contribution in [0.25, 0.3) is 0 Å². The molecule has 1 aliphatic heterocycles. The summed E-state index contributed by atoms with van der Waals surface area (Å²) in [5.74, 6) is 0.846. The van der Waals surface area contributed by atoms with Gasteiger partial charge in [0, 0.05) is 13.0 Å². The second kappa shape index (κ2) is 9.51. The summed E-state index contributed by atoms with van der Waals surface area (Å²) in [5, 5.41) is 13.9. The Balaban J connectivity index is 1.59. The molecule has 2 aliphatic carbocycles. The number of hydrogen-bond donors (Lipinski definition) is 4. The lowest BCUT2D eigenvalue weighted by atomic mass is 9.77. The number of rotatable bonds is 6. The molecule has 0 aromatic carbocycles. The molecule has 4 N–H and O–H groups in total. The monoisotopic (exact) mass is 362 g/mol. The van der Waals surface area contributed by atoms with Crippen LogP contribution < -0.4 is 16.3 Å². The molecule has 3 aliphatic rings. The molecule has 3 rings (SSSR count). The number of nitrogens with zero attached hydrogens (tertiary/aromatic N) is 1. The number of hydrazone groups is 1. The van der Waals surface area contributed by atoms with Crippen molar-refractivity contribution in [1.29, 1.82) is 0 Å². The highest BCUT2D eigenvalue weighted by molar-refractivity contribution is 6.36. The van der Waals surface area contributed by atoms with E-state index in [4.69, 9.17) is 0 Å². The van der Waals surface area contributed by atoms with Gasteiger partial charge in [-0.15, -0.1) is 0 Å². The molecule has 0 amide bonds. The van der Waals surface area contributed by atoms with E-state index in [1.165, 1.54) is 57.8 Å². The second-order valence-corrected chi connectivity index (χ2v) is 8.29. The number of allylic oxidation sites excluding steroid dienone is 2. The smallest absolute Gasteiger partial charge is 0.352 e. The Kier molecular flexibility index (Phi) is 7.08. The van der Waals surface area contributed by atoms with E-state index >= 15 is 0 Å². The van der Waals surface area contributed by atoms with Crippen LogP contribution in [-0.2, 0) is 4.79 Å². The maximum absolute atomic E-state index is 11.6. The molecule has 1 saturated heterocycles. The molecule has 146 valence electrons. The van der Waals surface area contributed by atoms with E-state index in [-0.39, 0.29) is 11.9 Å². The van der Waals surface area contributed by atoms with Crippen molar-refractivity contribution in [2.45, 2.75) is 77.3 Å². The van der Waals surface area contributed by atoms with Gasteiger partial charge in [-0.1, -0.05) is 43.8 Å². The summed E-state index contributed by atoms with van der Waals surface area (Å²) in [7, 11) is 0. The lowest BCUT2D eigenvalue weighted by Gasteiger charge is -2.41. The van der Waals surface area contributed by atoms with Crippen molar-refractivity contribution in [3.05, 3.63) is 11.6 Å². The van der Waals surface area contributed by atoms with Crippen LogP contribution in [0.2, 0.25) is 0 Å². The number of carboxylic acid groups (broad SMARTS) is 1. The van der Waals surface area contributed by atoms with Crippen LogP contribution in [0.3, 0.4) is 0 Å². The lowest BCUT2D eigenvalue weighted by molar-refractivity contribution is -0.129. The van der Waals surface area contributed by atoms with Crippen molar-refractivity contribution in [2.75, 3.05) is 6.54 Å². The summed E-state index contributed by atoms with van der Waals surface area (Å²) in [4.78, 5) is 11.6. The normalized spacial score (nSPS) is 31.3. The maximum atomic E-state index is 11.6. The number of carbonyl (C=O) groups is 1. The minimum absolute atomic E-state index is 0.00558. The Morgan fingerprint density at radius 3 is 2.65 bits per heavy atom. The van der Waals surface area contributed by atoms with Gasteiger partial charge in [-0.3, -0.25) is 10.9 Å². The zero-order chi connectivity index (χ0) is 18.4. The third-order valence-electron chi connectivity index (χ3n) is 6.22. The average molecular weight is 363 g/mol. The molecule has 1 heterocycles. The van der Waals surface area contributed by atoms with Crippen molar-refractivity contribution in [3.63, 3.8) is 0 Å². The van der Waals surface area contributed by atoms with Crippen molar-refractivity contribution in [2.24, 2.45) is 22.9 Å². The van der Waals surface area contributed by atoms with Crippen molar-refractivity contribution in [1.82, 2.24) is 16.3 Å². The fourth-order valence-electron chi connectivity index (χ4n) is 4.80. The van der Waals surface area contributed by atoms with Crippen LogP contribution in [0.15, 0.2) is 16.8 Å². The highest BCUT2D eigenvalue weighted by Crippen LogP contribution is 2.32. The minimum atomic E-state index is -0.933. The number of carboxylic acids is 1. The SMILES string of the molecule is C/C(=C/C1CCCCC1)C/C(=N\NC1NNCC2CCCCC21)C(=O)O. The van der Waals surface area contributed by atoms with Gasteiger partial charge < -0.3 is 5.11 Å². The quantitative estimate of drug-likeness (QED) is 0.331. The number of nitrogens with one attached hydrogen (secondary N) is 3. The highest BCUT2D eigenvalue weighted by atomic mass is 16.4.